The average molecular weight is 364 g/mol. The Kier molecular flexibility index (Phi) is 5.60. The molecule has 9 heteroatoms. The number of nitrogens with one attached hydrogen (secondary N) is 2. The summed E-state index contributed by atoms with van der Waals surface area (Å²) in [6.07, 6.45) is -1.30. The highest BCUT2D eigenvalue weighted by Crippen LogP contribution is 2.25. The van der Waals surface area contributed by atoms with Gasteiger partial charge in [-0.1, -0.05) is 0 Å². The van der Waals surface area contributed by atoms with E-state index in [2.05, 4.69) is 10.6 Å². The van der Waals surface area contributed by atoms with Crippen LogP contribution in [0.4, 0.5) is 9.59 Å². The third kappa shape index (κ3) is 4.48. The quantitative estimate of drug-likeness (QED) is 0.858. The molecule has 0 saturated heterocycles. The molecular formula is C16H16N2O6S. The van der Waals surface area contributed by atoms with Gasteiger partial charge in [0.1, 0.15) is 11.5 Å². The third-order valence-electron chi connectivity index (χ3n) is 3.10. The van der Waals surface area contributed by atoms with E-state index in [0.29, 0.717) is 0 Å². The topological polar surface area (TPSA) is 111 Å². The first-order valence-electron chi connectivity index (χ1n) is 7.11. The summed E-state index contributed by atoms with van der Waals surface area (Å²) in [5.74, 6) is 0.431. The van der Waals surface area contributed by atoms with Crippen molar-refractivity contribution in [2.75, 3.05) is 14.1 Å². The van der Waals surface area contributed by atoms with Crippen LogP contribution >= 0.6 is 0 Å². The van der Waals surface area contributed by atoms with Gasteiger partial charge in [0, 0.05) is 14.1 Å². The molecule has 0 atom stereocenters. The highest BCUT2D eigenvalue weighted by atomic mass is 32.2. The normalized spacial score (nSPS) is 10.6. The molecule has 0 spiro atoms. The van der Waals surface area contributed by atoms with Crippen molar-refractivity contribution in [3.05, 3.63) is 48.5 Å². The lowest BCUT2D eigenvalue weighted by molar-refractivity contribution is 0.202. The Labute approximate surface area is 144 Å². The molecule has 0 radical (unpaired) electrons. The summed E-state index contributed by atoms with van der Waals surface area (Å²) in [6, 6.07) is 10.9. The SMILES string of the molecule is CNC(=O)Oc1ccc(S(=O)(=O)c2ccc(OC(=O)NC)cc2)cc1. The molecule has 0 aromatic heterocycles. The third-order valence-corrected chi connectivity index (χ3v) is 4.88. The van der Waals surface area contributed by atoms with Crippen molar-refractivity contribution in [2.45, 2.75) is 9.79 Å². The van der Waals surface area contributed by atoms with Gasteiger partial charge in [-0.3, -0.25) is 0 Å². The van der Waals surface area contributed by atoms with Crippen molar-refractivity contribution in [1.82, 2.24) is 10.6 Å². The maximum absolute atomic E-state index is 12.6. The highest BCUT2D eigenvalue weighted by molar-refractivity contribution is 7.91. The summed E-state index contributed by atoms with van der Waals surface area (Å²) >= 11 is 0. The van der Waals surface area contributed by atoms with Crippen LogP contribution in [0.25, 0.3) is 0 Å². The fourth-order valence-electron chi connectivity index (χ4n) is 1.83. The van der Waals surface area contributed by atoms with Crippen LogP contribution in [0, 0.1) is 0 Å². The molecule has 0 aliphatic heterocycles. The Morgan fingerprint density at radius 2 is 1.04 bits per heavy atom. The molecule has 2 amide bonds. The van der Waals surface area contributed by atoms with E-state index in [1.54, 1.807) is 0 Å². The Morgan fingerprint density at radius 1 is 0.720 bits per heavy atom. The fraction of sp³-hybridized carbons (Fsp3) is 0.125. The van der Waals surface area contributed by atoms with Crippen molar-refractivity contribution in [3.8, 4) is 11.5 Å². The summed E-state index contributed by atoms with van der Waals surface area (Å²) < 4.78 is 34.9. The molecule has 0 fully saturated rings. The molecule has 132 valence electrons. The first-order chi connectivity index (χ1) is 11.9. The van der Waals surface area contributed by atoms with Gasteiger partial charge in [-0.05, 0) is 48.5 Å². The van der Waals surface area contributed by atoms with E-state index in [-0.39, 0.29) is 21.3 Å². The molecule has 8 nitrogen and oxygen atoms in total. The number of hydrogen-bond donors (Lipinski definition) is 2. The van der Waals surface area contributed by atoms with Crippen LogP contribution < -0.4 is 20.1 Å². The number of ether oxygens (including phenoxy) is 2. The number of hydrogen-bond acceptors (Lipinski definition) is 6. The van der Waals surface area contributed by atoms with E-state index < -0.39 is 22.0 Å². The van der Waals surface area contributed by atoms with Crippen molar-refractivity contribution in [2.24, 2.45) is 0 Å². The van der Waals surface area contributed by atoms with Gasteiger partial charge >= 0.3 is 12.2 Å². The van der Waals surface area contributed by atoms with E-state index in [1.165, 1.54) is 62.6 Å². The van der Waals surface area contributed by atoms with Gasteiger partial charge in [-0.15, -0.1) is 0 Å². The predicted molar refractivity (Wildman–Crippen MR) is 88.5 cm³/mol. The van der Waals surface area contributed by atoms with Crippen LogP contribution in [-0.2, 0) is 9.84 Å². The number of rotatable bonds is 4. The lowest BCUT2D eigenvalue weighted by Crippen LogP contribution is -2.22. The minimum atomic E-state index is -3.75. The Morgan fingerprint density at radius 3 is 1.32 bits per heavy atom. The molecule has 2 N–H and O–H groups in total. The van der Waals surface area contributed by atoms with E-state index in [1.807, 2.05) is 0 Å². The first kappa shape index (κ1) is 18.3. The van der Waals surface area contributed by atoms with E-state index in [0.717, 1.165) is 0 Å². The van der Waals surface area contributed by atoms with Gasteiger partial charge < -0.3 is 20.1 Å². The van der Waals surface area contributed by atoms with E-state index >= 15 is 0 Å². The van der Waals surface area contributed by atoms with Crippen molar-refractivity contribution in [3.63, 3.8) is 0 Å². The van der Waals surface area contributed by atoms with Crippen LogP contribution in [-0.4, -0.2) is 34.7 Å². The minimum absolute atomic E-state index is 0.0386. The molecule has 2 rings (SSSR count). The van der Waals surface area contributed by atoms with Gasteiger partial charge in [-0.25, -0.2) is 18.0 Å². The molecule has 25 heavy (non-hydrogen) atoms. The molecular weight excluding hydrogens is 348 g/mol. The number of carbonyl (C=O) groups excluding carboxylic acids is 2. The molecule has 2 aromatic rings. The smallest absolute Gasteiger partial charge is 0.410 e. The summed E-state index contributed by atoms with van der Waals surface area (Å²) in [4.78, 5) is 22.3. The molecule has 0 aliphatic rings. The van der Waals surface area contributed by atoms with Gasteiger partial charge in [0.15, 0.2) is 0 Å². The minimum Gasteiger partial charge on any atom is -0.410 e. The molecule has 0 heterocycles. The zero-order valence-electron chi connectivity index (χ0n) is 13.5. The zero-order chi connectivity index (χ0) is 18.4. The summed E-state index contributed by atoms with van der Waals surface area (Å²) in [5, 5.41) is 4.57. The molecule has 0 saturated carbocycles. The van der Waals surface area contributed by atoms with E-state index in [9.17, 15) is 18.0 Å². The van der Waals surface area contributed by atoms with E-state index in [4.69, 9.17) is 9.47 Å². The second-order valence-electron chi connectivity index (χ2n) is 4.73. The van der Waals surface area contributed by atoms with Crippen LogP contribution in [0.1, 0.15) is 0 Å². The maximum atomic E-state index is 12.6. The lowest BCUT2D eigenvalue weighted by atomic mass is 10.3. The Bertz CT molecular complexity index is 793. The number of carbonyl (C=O) groups is 2. The molecule has 2 aromatic carbocycles. The van der Waals surface area contributed by atoms with Crippen molar-refractivity contribution in [1.29, 1.82) is 0 Å². The molecule has 0 bridgehead atoms. The number of sulfone groups is 1. The van der Waals surface area contributed by atoms with Gasteiger partial charge in [0.2, 0.25) is 9.84 Å². The van der Waals surface area contributed by atoms with Gasteiger partial charge in [0.05, 0.1) is 9.79 Å². The highest BCUT2D eigenvalue weighted by Gasteiger charge is 2.18. The van der Waals surface area contributed by atoms with Crippen molar-refractivity contribution >= 4 is 22.0 Å². The van der Waals surface area contributed by atoms with Crippen LogP contribution in [0.3, 0.4) is 0 Å². The number of amides is 2. The Hall–Kier alpha value is -3.07. The maximum Gasteiger partial charge on any atom is 0.412 e. The van der Waals surface area contributed by atoms with Crippen LogP contribution in [0.5, 0.6) is 11.5 Å². The summed E-state index contributed by atoms with van der Waals surface area (Å²) in [7, 11) is -0.922. The average Bonchev–Trinajstić information content (AvgIpc) is 2.62. The lowest BCUT2D eigenvalue weighted by Gasteiger charge is -2.08. The largest absolute Gasteiger partial charge is 0.412 e. The monoisotopic (exact) mass is 364 g/mol. The molecule has 0 aliphatic carbocycles. The second kappa shape index (κ2) is 7.67. The first-order valence-corrected chi connectivity index (χ1v) is 8.59. The summed E-state index contributed by atoms with van der Waals surface area (Å²) in [5.41, 5.74) is 0. The van der Waals surface area contributed by atoms with Gasteiger partial charge in [-0.2, -0.15) is 0 Å². The van der Waals surface area contributed by atoms with Crippen LogP contribution in [0.2, 0.25) is 0 Å². The number of benzene rings is 2. The second-order valence-corrected chi connectivity index (χ2v) is 6.67. The fourth-order valence-corrected chi connectivity index (χ4v) is 3.09. The van der Waals surface area contributed by atoms with Crippen LogP contribution in [0.15, 0.2) is 58.3 Å². The standard InChI is InChI=1S/C16H16N2O6S/c1-17-15(19)23-11-3-7-13(8-4-11)25(21,22)14-9-5-12(6-10-14)24-16(20)18-2/h3-10H,1-2H3,(H,17,19)(H,18,20). The Balaban J connectivity index is 2.20. The van der Waals surface area contributed by atoms with Crippen molar-refractivity contribution < 1.29 is 27.5 Å². The van der Waals surface area contributed by atoms with Gasteiger partial charge in [0.25, 0.3) is 0 Å². The zero-order valence-corrected chi connectivity index (χ0v) is 14.3. The molecule has 0 unspecified atom stereocenters. The predicted octanol–water partition coefficient (Wildman–Crippen LogP) is 1.96. The summed E-state index contributed by atoms with van der Waals surface area (Å²) in [6.45, 7) is 0.